The molecule has 18 heavy (non-hydrogen) atoms. The molecule has 0 amide bonds. The Balaban J connectivity index is 1.72. The number of nitrogens with zero attached hydrogens (tertiary/aromatic N) is 2. The van der Waals surface area contributed by atoms with Gasteiger partial charge in [0, 0.05) is 37.8 Å². The lowest BCUT2D eigenvalue weighted by Gasteiger charge is -2.38. The van der Waals surface area contributed by atoms with Gasteiger partial charge in [0.1, 0.15) is 5.52 Å². The molecule has 2 atom stereocenters. The lowest BCUT2D eigenvalue weighted by atomic mass is 9.92. The quantitative estimate of drug-likeness (QED) is 0.832. The van der Waals surface area contributed by atoms with Crippen LogP contribution in [0.15, 0.2) is 29.0 Å². The van der Waals surface area contributed by atoms with Crippen molar-refractivity contribution in [2.75, 3.05) is 24.5 Å². The molecule has 2 saturated heterocycles. The van der Waals surface area contributed by atoms with Crippen LogP contribution in [-0.2, 0) is 0 Å². The molecule has 4 heteroatoms. The Labute approximate surface area is 106 Å². The zero-order chi connectivity index (χ0) is 11.9. The number of fused-ring (bicyclic) bond motifs is 2. The van der Waals surface area contributed by atoms with E-state index < -0.39 is 0 Å². The molecule has 1 N–H and O–H groups in total. The summed E-state index contributed by atoms with van der Waals surface area (Å²) in [6.07, 6.45) is 6.32. The fourth-order valence-electron chi connectivity index (χ4n) is 3.38. The van der Waals surface area contributed by atoms with Crippen LogP contribution in [0.2, 0.25) is 0 Å². The summed E-state index contributed by atoms with van der Waals surface area (Å²) in [5.74, 6) is 0.797. The molecule has 94 valence electrons. The molecule has 0 bridgehead atoms. The Morgan fingerprint density at radius 3 is 3.39 bits per heavy atom. The highest BCUT2D eigenvalue weighted by molar-refractivity contribution is 5.76. The molecule has 0 aromatic carbocycles. The maximum absolute atomic E-state index is 5.46. The van der Waals surface area contributed by atoms with Gasteiger partial charge in [-0.05, 0) is 18.8 Å². The van der Waals surface area contributed by atoms with Gasteiger partial charge in [0.05, 0.1) is 18.1 Å². The van der Waals surface area contributed by atoms with Crippen LogP contribution in [0.3, 0.4) is 0 Å². The van der Waals surface area contributed by atoms with Crippen molar-refractivity contribution in [2.24, 2.45) is 5.92 Å². The minimum Gasteiger partial charge on any atom is -0.463 e. The first-order chi connectivity index (χ1) is 8.92. The van der Waals surface area contributed by atoms with E-state index in [-0.39, 0.29) is 0 Å². The summed E-state index contributed by atoms with van der Waals surface area (Å²) in [4.78, 5) is 6.98. The highest BCUT2D eigenvalue weighted by Gasteiger charge is 2.35. The molecule has 2 aromatic rings. The van der Waals surface area contributed by atoms with Gasteiger partial charge < -0.3 is 14.6 Å². The number of piperidine rings is 1. The Bertz CT molecular complexity index is 565. The third-order valence-electron chi connectivity index (χ3n) is 4.30. The van der Waals surface area contributed by atoms with E-state index in [2.05, 4.69) is 21.3 Å². The van der Waals surface area contributed by atoms with Gasteiger partial charge in [-0.1, -0.05) is 0 Å². The van der Waals surface area contributed by atoms with Gasteiger partial charge in [0.2, 0.25) is 0 Å². The van der Waals surface area contributed by atoms with Crippen LogP contribution in [0.1, 0.15) is 12.8 Å². The molecule has 4 nitrogen and oxygen atoms in total. The van der Waals surface area contributed by atoms with Gasteiger partial charge in [-0.15, -0.1) is 0 Å². The molecule has 4 heterocycles. The second-order valence-corrected chi connectivity index (χ2v) is 5.32. The molecule has 2 fully saturated rings. The van der Waals surface area contributed by atoms with Crippen molar-refractivity contribution in [3.8, 4) is 0 Å². The highest BCUT2D eigenvalue weighted by atomic mass is 16.3. The molecule has 2 aliphatic rings. The second-order valence-electron chi connectivity index (χ2n) is 5.32. The van der Waals surface area contributed by atoms with Crippen molar-refractivity contribution in [3.63, 3.8) is 0 Å². The minimum atomic E-state index is 0.632. The number of furan rings is 1. The largest absolute Gasteiger partial charge is 0.463 e. The third-order valence-corrected chi connectivity index (χ3v) is 4.30. The summed E-state index contributed by atoms with van der Waals surface area (Å²) in [6, 6.07) is 4.67. The van der Waals surface area contributed by atoms with Crippen LogP contribution in [0.4, 0.5) is 5.69 Å². The summed E-state index contributed by atoms with van der Waals surface area (Å²) in [5.41, 5.74) is 3.04. The fraction of sp³-hybridized carbons (Fsp3) is 0.500. The smallest absolute Gasteiger partial charge is 0.154 e. The van der Waals surface area contributed by atoms with E-state index >= 15 is 0 Å². The number of nitrogens with one attached hydrogen (secondary N) is 1. The first-order valence-electron chi connectivity index (χ1n) is 6.72. The average Bonchev–Trinajstić information content (AvgIpc) is 3.05. The molecule has 0 aliphatic carbocycles. The number of pyridine rings is 1. The van der Waals surface area contributed by atoms with E-state index in [1.807, 2.05) is 12.3 Å². The number of aromatic nitrogens is 1. The molecular weight excluding hydrogens is 226 g/mol. The average molecular weight is 243 g/mol. The van der Waals surface area contributed by atoms with Gasteiger partial charge in [-0.3, -0.25) is 4.98 Å². The van der Waals surface area contributed by atoms with Gasteiger partial charge in [-0.2, -0.15) is 0 Å². The Morgan fingerprint density at radius 1 is 1.39 bits per heavy atom. The van der Waals surface area contributed by atoms with E-state index in [1.165, 1.54) is 18.5 Å². The van der Waals surface area contributed by atoms with Crippen molar-refractivity contribution >= 4 is 16.8 Å². The van der Waals surface area contributed by atoms with Crippen LogP contribution in [0, 0.1) is 5.92 Å². The fourth-order valence-corrected chi connectivity index (χ4v) is 3.38. The standard InChI is InChI=1S/C14H17N3O/c1-2-10-7-15-9-13(10)17(4-1)11-6-14-12(16-8-11)3-5-18-14/h3,5-6,8,10,13,15H,1-2,4,7,9H2/t10-,13+/m0/s1. The van der Waals surface area contributed by atoms with Crippen molar-refractivity contribution < 1.29 is 4.42 Å². The first-order valence-corrected chi connectivity index (χ1v) is 6.72. The molecule has 0 radical (unpaired) electrons. The molecule has 0 spiro atoms. The highest BCUT2D eigenvalue weighted by Crippen LogP contribution is 2.31. The van der Waals surface area contributed by atoms with E-state index in [0.717, 1.165) is 36.7 Å². The summed E-state index contributed by atoms with van der Waals surface area (Å²) >= 11 is 0. The van der Waals surface area contributed by atoms with Crippen LogP contribution in [0.5, 0.6) is 0 Å². The Morgan fingerprint density at radius 2 is 2.39 bits per heavy atom. The normalized spacial score (nSPS) is 27.7. The summed E-state index contributed by atoms with van der Waals surface area (Å²) in [7, 11) is 0. The molecular formula is C14H17N3O. The number of hydrogen-bond donors (Lipinski definition) is 1. The maximum Gasteiger partial charge on any atom is 0.154 e. The lowest BCUT2D eigenvalue weighted by Crippen LogP contribution is -2.45. The lowest BCUT2D eigenvalue weighted by molar-refractivity contribution is 0.385. The predicted molar refractivity (Wildman–Crippen MR) is 70.7 cm³/mol. The van der Waals surface area contributed by atoms with Crippen molar-refractivity contribution in [1.29, 1.82) is 0 Å². The summed E-state index contributed by atoms with van der Waals surface area (Å²) in [5, 5.41) is 3.51. The number of rotatable bonds is 1. The first kappa shape index (κ1) is 10.4. The van der Waals surface area contributed by atoms with Crippen molar-refractivity contribution in [2.45, 2.75) is 18.9 Å². The predicted octanol–water partition coefficient (Wildman–Crippen LogP) is 2.02. The zero-order valence-electron chi connectivity index (χ0n) is 10.3. The van der Waals surface area contributed by atoms with Crippen LogP contribution >= 0.6 is 0 Å². The minimum absolute atomic E-state index is 0.632. The Hall–Kier alpha value is -1.55. The van der Waals surface area contributed by atoms with Gasteiger partial charge in [-0.25, -0.2) is 0 Å². The van der Waals surface area contributed by atoms with Crippen LogP contribution in [-0.4, -0.2) is 30.7 Å². The summed E-state index contributed by atoms with van der Waals surface area (Å²) in [6.45, 7) is 3.40. The molecule has 2 aliphatic heterocycles. The molecule has 2 aromatic heterocycles. The van der Waals surface area contributed by atoms with E-state index in [0.29, 0.717) is 6.04 Å². The van der Waals surface area contributed by atoms with Crippen molar-refractivity contribution in [3.05, 3.63) is 24.6 Å². The van der Waals surface area contributed by atoms with Crippen molar-refractivity contribution in [1.82, 2.24) is 10.3 Å². The molecule has 0 saturated carbocycles. The van der Waals surface area contributed by atoms with Crippen LogP contribution < -0.4 is 10.2 Å². The van der Waals surface area contributed by atoms with Gasteiger partial charge >= 0.3 is 0 Å². The SMILES string of the molecule is c1cc2ncc(N3CCC[C@H]4CNC[C@H]43)cc2o1. The second kappa shape index (κ2) is 3.99. The van der Waals surface area contributed by atoms with Crippen LogP contribution in [0.25, 0.3) is 11.1 Å². The maximum atomic E-state index is 5.46. The molecule has 0 unspecified atom stereocenters. The van der Waals surface area contributed by atoms with E-state index in [4.69, 9.17) is 4.42 Å². The topological polar surface area (TPSA) is 41.3 Å². The monoisotopic (exact) mass is 243 g/mol. The zero-order valence-corrected chi connectivity index (χ0v) is 10.3. The number of anilines is 1. The van der Waals surface area contributed by atoms with E-state index in [1.54, 1.807) is 6.26 Å². The van der Waals surface area contributed by atoms with E-state index in [9.17, 15) is 0 Å². The number of hydrogen-bond acceptors (Lipinski definition) is 4. The summed E-state index contributed by atoms with van der Waals surface area (Å²) < 4.78 is 5.46. The van der Waals surface area contributed by atoms with Gasteiger partial charge in [0.15, 0.2) is 5.58 Å². The Kier molecular flexibility index (Phi) is 2.30. The van der Waals surface area contributed by atoms with Gasteiger partial charge in [0.25, 0.3) is 0 Å². The molecule has 4 rings (SSSR count). The third kappa shape index (κ3) is 1.52.